The zero-order chi connectivity index (χ0) is 17.2. The van der Waals surface area contributed by atoms with Gasteiger partial charge in [0.2, 0.25) is 0 Å². The summed E-state index contributed by atoms with van der Waals surface area (Å²) >= 11 is 0. The normalized spacial score (nSPS) is 12.3. The van der Waals surface area contributed by atoms with Crippen LogP contribution in [-0.4, -0.2) is 46.2 Å². The Morgan fingerprint density at radius 1 is 1.04 bits per heavy atom. The van der Waals surface area contributed by atoms with E-state index < -0.39 is 0 Å². The Balaban J connectivity index is 3.41. The van der Waals surface area contributed by atoms with Crippen LogP contribution in [0.4, 0.5) is 0 Å². The first-order valence-electron chi connectivity index (χ1n) is 8.71. The lowest BCUT2D eigenvalue weighted by molar-refractivity contribution is 0.0139. The first-order chi connectivity index (χ1) is 11.2. The zero-order valence-electron chi connectivity index (χ0n) is 15.2. The van der Waals surface area contributed by atoms with Gasteiger partial charge in [0.15, 0.2) is 0 Å². The van der Waals surface area contributed by atoms with Gasteiger partial charge in [0, 0.05) is 13.2 Å². The fourth-order valence-electron chi connectivity index (χ4n) is 1.70. The Bertz CT molecular complexity index is 347. The second kappa shape index (κ2) is 17.5. The van der Waals surface area contributed by atoms with Crippen LogP contribution in [0.2, 0.25) is 0 Å². The van der Waals surface area contributed by atoms with E-state index in [1.54, 1.807) is 0 Å². The van der Waals surface area contributed by atoms with Crippen LogP contribution < -0.4 is 5.73 Å². The van der Waals surface area contributed by atoms with Crippen molar-refractivity contribution >= 4 is 0 Å². The van der Waals surface area contributed by atoms with Crippen molar-refractivity contribution in [3.8, 4) is 0 Å². The van der Waals surface area contributed by atoms with E-state index in [0.29, 0.717) is 45.5 Å². The van der Waals surface area contributed by atoms with Crippen LogP contribution in [-0.2, 0) is 14.2 Å². The smallest absolute Gasteiger partial charge is 0.0701 e. The fraction of sp³-hybridized carbons (Fsp3) is 0.737. The van der Waals surface area contributed by atoms with Gasteiger partial charge in [-0.05, 0) is 43.8 Å². The average molecular weight is 325 g/mol. The van der Waals surface area contributed by atoms with Crippen molar-refractivity contribution in [2.45, 2.75) is 40.0 Å². The minimum Gasteiger partial charge on any atom is -0.379 e. The van der Waals surface area contributed by atoms with Crippen LogP contribution in [0.25, 0.3) is 0 Å². The number of allylic oxidation sites excluding steroid dienone is 3. The van der Waals surface area contributed by atoms with Crippen LogP contribution in [0.3, 0.4) is 0 Å². The van der Waals surface area contributed by atoms with Gasteiger partial charge in [-0.25, -0.2) is 0 Å². The van der Waals surface area contributed by atoms with E-state index in [1.807, 2.05) is 6.08 Å². The molecule has 0 saturated carbocycles. The molecule has 134 valence electrons. The molecule has 0 rings (SSSR count). The maximum Gasteiger partial charge on any atom is 0.0701 e. The maximum absolute atomic E-state index is 5.57. The van der Waals surface area contributed by atoms with Gasteiger partial charge in [-0.2, -0.15) is 0 Å². The lowest BCUT2D eigenvalue weighted by atomic mass is 10.0. The molecule has 0 radical (unpaired) electrons. The predicted molar refractivity (Wildman–Crippen MR) is 96.6 cm³/mol. The average Bonchev–Trinajstić information content (AvgIpc) is 2.56. The molecule has 2 N–H and O–H groups in total. The first kappa shape index (κ1) is 22.1. The SMILES string of the molecule is CCC(C)=C=C/C=C/CC(C)CCOCCOCCOCCN. The number of hydrogen-bond acceptors (Lipinski definition) is 4. The Morgan fingerprint density at radius 3 is 2.26 bits per heavy atom. The monoisotopic (exact) mass is 325 g/mol. The molecule has 0 saturated heterocycles. The van der Waals surface area contributed by atoms with E-state index in [2.05, 4.69) is 38.7 Å². The molecule has 0 bridgehead atoms. The van der Waals surface area contributed by atoms with Crippen LogP contribution in [0.15, 0.2) is 29.5 Å². The van der Waals surface area contributed by atoms with E-state index in [0.717, 1.165) is 25.9 Å². The lowest BCUT2D eigenvalue weighted by Gasteiger charge is -2.09. The third kappa shape index (κ3) is 17.3. The molecule has 0 heterocycles. The van der Waals surface area contributed by atoms with Crippen molar-refractivity contribution < 1.29 is 14.2 Å². The number of ether oxygens (including phenoxy) is 3. The van der Waals surface area contributed by atoms with E-state index in [1.165, 1.54) is 5.57 Å². The largest absolute Gasteiger partial charge is 0.379 e. The molecule has 0 aliphatic carbocycles. The highest BCUT2D eigenvalue weighted by Crippen LogP contribution is 2.08. The number of nitrogens with two attached hydrogens (primary N) is 1. The highest BCUT2D eigenvalue weighted by molar-refractivity contribution is 5.06. The molecular weight excluding hydrogens is 290 g/mol. The summed E-state index contributed by atoms with van der Waals surface area (Å²) in [7, 11) is 0. The van der Waals surface area contributed by atoms with E-state index in [4.69, 9.17) is 19.9 Å². The molecule has 0 fully saturated rings. The third-order valence-corrected chi connectivity index (χ3v) is 3.39. The van der Waals surface area contributed by atoms with Gasteiger partial charge in [-0.15, -0.1) is 5.73 Å². The fourth-order valence-corrected chi connectivity index (χ4v) is 1.70. The number of hydrogen-bond donors (Lipinski definition) is 1. The van der Waals surface area contributed by atoms with Crippen molar-refractivity contribution in [2.24, 2.45) is 11.7 Å². The van der Waals surface area contributed by atoms with Crippen LogP contribution >= 0.6 is 0 Å². The zero-order valence-corrected chi connectivity index (χ0v) is 15.2. The molecule has 23 heavy (non-hydrogen) atoms. The van der Waals surface area contributed by atoms with Crippen molar-refractivity contribution in [3.63, 3.8) is 0 Å². The Kier molecular flexibility index (Phi) is 16.8. The van der Waals surface area contributed by atoms with Gasteiger partial charge in [-0.3, -0.25) is 0 Å². The van der Waals surface area contributed by atoms with E-state index >= 15 is 0 Å². The molecule has 0 aromatic rings. The van der Waals surface area contributed by atoms with Crippen LogP contribution in [0, 0.1) is 5.92 Å². The highest BCUT2D eigenvalue weighted by Gasteiger charge is 1.99. The second-order valence-corrected chi connectivity index (χ2v) is 5.63. The quantitative estimate of drug-likeness (QED) is 0.284. The molecule has 0 spiro atoms. The molecule has 0 aromatic carbocycles. The summed E-state index contributed by atoms with van der Waals surface area (Å²) < 4.78 is 16.2. The Morgan fingerprint density at radius 2 is 1.65 bits per heavy atom. The Hall–Kier alpha value is -0.900. The van der Waals surface area contributed by atoms with Gasteiger partial charge >= 0.3 is 0 Å². The van der Waals surface area contributed by atoms with Gasteiger partial charge in [0.05, 0.1) is 33.0 Å². The minimum absolute atomic E-state index is 0.557. The van der Waals surface area contributed by atoms with Crippen molar-refractivity contribution in [3.05, 3.63) is 29.5 Å². The molecule has 1 atom stereocenters. The summed E-state index contributed by atoms with van der Waals surface area (Å²) in [5, 5.41) is 0. The first-order valence-corrected chi connectivity index (χ1v) is 8.71. The van der Waals surface area contributed by atoms with Gasteiger partial charge in [-0.1, -0.05) is 26.0 Å². The Labute approximate surface area is 142 Å². The topological polar surface area (TPSA) is 53.7 Å². The summed E-state index contributed by atoms with van der Waals surface area (Å²) in [6.07, 6.45) is 9.47. The molecule has 0 aromatic heterocycles. The van der Waals surface area contributed by atoms with Crippen LogP contribution in [0.5, 0.6) is 0 Å². The van der Waals surface area contributed by atoms with E-state index in [9.17, 15) is 0 Å². The van der Waals surface area contributed by atoms with E-state index in [-0.39, 0.29) is 0 Å². The molecule has 1 unspecified atom stereocenters. The van der Waals surface area contributed by atoms with Crippen LogP contribution in [0.1, 0.15) is 40.0 Å². The molecule has 4 heteroatoms. The molecule has 0 amide bonds. The summed E-state index contributed by atoms with van der Waals surface area (Å²) in [4.78, 5) is 0. The molecular formula is C19H35NO3. The van der Waals surface area contributed by atoms with Crippen molar-refractivity contribution in [2.75, 3.05) is 46.2 Å². The second-order valence-electron chi connectivity index (χ2n) is 5.63. The summed E-state index contributed by atoms with van der Waals surface area (Å²) in [5.41, 5.74) is 9.84. The van der Waals surface area contributed by atoms with Crippen molar-refractivity contribution in [1.82, 2.24) is 0 Å². The van der Waals surface area contributed by atoms with Gasteiger partial charge in [0.25, 0.3) is 0 Å². The molecule has 4 nitrogen and oxygen atoms in total. The summed E-state index contributed by atoms with van der Waals surface area (Å²) in [5.74, 6) is 0.626. The van der Waals surface area contributed by atoms with Gasteiger partial charge < -0.3 is 19.9 Å². The number of rotatable bonds is 15. The maximum atomic E-state index is 5.57. The van der Waals surface area contributed by atoms with Crippen molar-refractivity contribution in [1.29, 1.82) is 0 Å². The summed E-state index contributed by atoms with van der Waals surface area (Å²) in [6, 6.07) is 0. The highest BCUT2D eigenvalue weighted by atomic mass is 16.5. The standard InChI is InChI=1S/C19H35NO3/c1-4-18(2)8-6-5-7-9-19(3)10-12-21-14-16-23-17-15-22-13-11-20/h5-7,19H,4,9-17,20H2,1-3H3/b7-5+. The minimum atomic E-state index is 0.557. The third-order valence-electron chi connectivity index (χ3n) is 3.39. The molecule has 0 aliphatic rings. The lowest BCUT2D eigenvalue weighted by Crippen LogP contribution is -2.14. The summed E-state index contributed by atoms with van der Waals surface area (Å²) in [6.45, 7) is 10.9. The predicted octanol–water partition coefficient (Wildman–Crippen LogP) is 3.48. The van der Waals surface area contributed by atoms with Gasteiger partial charge in [0.1, 0.15) is 0 Å². The molecule has 0 aliphatic heterocycles.